The Labute approximate surface area is 163 Å². The zero-order chi connectivity index (χ0) is 34.3. The molecule has 4 nitrogen and oxygen atoms in total. The highest BCUT2D eigenvalue weighted by atomic mass is 16.5. The van der Waals surface area contributed by atoms with Gasteiger partial charge in [0, 0.05) is 41.1 Å². The van der Waals surface area contributed by atoms with Crippen molar-refractivity contribution in [3.8, 4) is 5.75 Å². The van der Waals surface area contributed by atoms with Gasteiger partial charge >= 0.3 is 0 Å². The van der Waals surface area contributed by atoms with Crippen molar-refractivity contribution >= 4 is 0 Å². The van der Waals surface area contributed by atoms with E-state index in [4.69, 9.17) is 38.3 Å². The van der Waals surface area contributed by atoms with Crippen molar-refractivity contribution in [1.82, 2.24) is 5.32 Å². The van der Waals surface area contributed by atoms with Gasteiger partial charge in [-0.15, -0.1) is 0 Å². The van der Waals surface area contributed by atoms with Gasteiger partial charge in [-0.05, 0) is 42.7 Å². The number of rotatable bonds is 11. The summed E-state index contributed by atoms with van der Waals surface area (Å²) < 4.78 is 172. The maximum Gasteiger partial charge on any atom is 0.119 e. The Bertz CT molecular complexity index is 1150. The molecule has 0 aromatic heterocycles. The van der Waals surface area contributed by atoms with Gasteiger partial charge in [0.15, 0.2) is 0 Å². The van der Waals surface area contributed by atoms with Gasteiger partial charge in [0.2, 0.25) is 0 Å². The number of hydrogen-bond donors (Lipinski definition) is 2. The van der Waals surface area contributed by atoms with Crippen molar-refractivity contribution in [3.05, 3.63) is 29.8 Å². The van der Waals surface area contributed by atoms with E-state index in [-0.39, 0.29) is 0 Å². The molecule has 1 aromatic rings. The number of aryl methyl sites for hydroxylation is 1. The van der Waals surface area contributed by atoms with Crippen molar-refractivity contribution in [3.63, 3.8) is 0 Å². The average molecular weight is 329 g/mol. The van der Waals surface area contributed by atoms with E-state index >= 15 is 0 Å². The maximum atomic E-state index is 10.5. The predicted molar refractivity (Wildman–Crippen MR) is 88.3 cm³/mol. The summed E-state index contributed by atoms with van der Waals surface area (Å²) in [6.07, 6.45) is -12.6. The van der Waals surface area contributed by atoms with E-state index in [2.05, 4.69) is 0 Å². The molecule has 0 saturated heterocycles. The van der Waals surface area contributed by atoms with Crippen LogP contribution in [0.2, 0.25) is 0 Å². The summed E-state index contributed by atoms with van der Waals surface area (Å²) in [4.78, 5) is 0. The lowest BCUT2D eigenvalue weighted by Crippen LogP contribution is -2.35. The summed E-state index contributed by atoms with van der Waals surface area (Å²) >= 11 is 0. The first kappa shape index (κ1) is 4.50. The molecule has 1 aromatic carbocycles. The summed E-state index contributed by atoms with van der Waals surface area (Å²) in [5, 5.41) is 11.7. The van der Waals surface area contributed by atoms with Crippen molar-refractivity contribution in [2.24, 2.45) is 5.89 Å². The Morgan fingerprint density at radius 2 is 2.27 bits per heavy atom. The third-order valence-electron chi connectivity index (χ3n) is 2.21. The highest BCUT2D eigenvalue weighted by molar-refractivity contribution is 5.27. The summed E-state index contributed by atoms with van der Waals surface area (Å²) in [5.74, 6) is -3.12. The fourth-order valence-corrected chi connectivity index (χ4v) is 1.18. The van der Waals surface area contributed by atoms with Gasteiger partial charge in [-0.1, -0.05) is 25.8 Å². The highest BCUT2D eigenvalue weighted by Gasteiger charge is 2.20. The summed E-state index contributed by atoms with van der Waals surface area (Å²) in [7, 11) is 0. The Morgan fingerprint density at radius 1 is 1.50 bits per heavy atom. The molecule has 2 N–H and O–H groups in total. The molecule has 1 aliphatic carbocycles. The molecular formula is C18H29NO3. The Kier molecular flexibility index (Phi) is 1.87. The molecule has 0 bridgehead atoms. The standard InChI is InChI=1S/C18H29NO3/c1-14(2)19-11-17(20)13-22-18-7-5-15(6-8-18)9-10-21-12-16-3-4-16/h5-8,14,16-17,19-20H,3-4,9-13H2,1-2H3/i1D3,2D3,3D2,4D2,9D2,10D2,11D2,13D2,14D,16D,17D. The molecular weight excluding hydrogens is 278 g/mol. The minimum absolute atomic E-state index is 0.487. The Morgan fingerprint density at radius 3 is 2.95 bits per heavy atom. The molecule has 1 saturated carbocycles. The predicted octanol–water partition coefficient (Wildman–Crippen LogP) is 2.39. The number of ether oxygens (including phenoxy) is 2. The largest absolute Gasteiger partial charge is 0.491 e. The first-order valence-electron chi connectivity index (χ1n) is 16.5. The first-order chi connectivity index (χ1) is 18.6. The quantitative estimate of drug-likeness (QED) is 0.655. The zero-order valence-corrected chi connectivity index (χ0v) is 11.3. The van der Waals surface area contributed by atoms with Crippen LogP contribution in [-0.2, 0) is 11.1 Å². The number of benzene rings is 1. The van der Waals surface area contributed by atoms with Gasteiger partial charge in [-0.3, -0.25) is 0 Å². The van der Waals surface area contributed by atoms with Crippen molar-refractivity contribution < 1.29 is 43.4 Å². The van der Waals surface area contributed by atoms with E-state index in [1.54, 1.807) is 0 Å². The van der Waals surface area contributed by atoms with Crippen molar-refractivity contribution in [2.75, 3.05) is 26.2 Å². The zero-order valence-electron chi connectivity index (χ0n) is 32.3. The molecule has 0 spiro atoms. The fourth-order valence-electron chi connectivity index (χ4n) is 1.18. The van der Waals surface area contributed by atoms with E-state index in [1.807, 2.05) is 0 Å². The minimum atomic E-state index is -4.13. The molecule has 0 radical (unpaired) electrons. The average Bonchev–Trinajstić information content (AvgIpc) is 3.11. The van der Waals surface area contributed by atoms with Gasteiger partial charge in [-0.2, -0.15) is 0 Å². The van der Waals surface area contributed by atoms with Gasteiger partial charge in [-0.25, -0.2) is 0 Å². The topological polar surface area (TPSA) is 50.7 Å². The molecule has 1 fully saturated rings. The molecule has 124 valence electrons. The van der Waals surface area contributed by atoms with Gasteiger partial charge < -0.3 is 19.9 Å². The molecule has 22 heavy (non-hydrogen) atoms. The van der Waals surface area contributed by atoms with Crippen LogP contribution < -0.4 is 10.1 Å². The number of aliphatic hydroxyl groups is 1. The molecule has 0 amide bonds. The lowest BCUT2D eigenvalue weighted by molar-refractivity contribution is 0.104. The number of hydrogen-bond acceptors (Lipinski definition) is 4. The van der Waals surface area contributed by atoms with E-state index < -0.39 is 88.3 Å². The third kappa shape index (κ3) is 7.25. The molecule has 0 aliphatic heterocycles. The lowest BCUT2D eigenvalue weighted by atomic mass is 10.1. The first-order valence-corrected chi connectivity index (χ1v) is 6.05. The number of nitrogens with one attached hydrogen (secondary N) is 1. The molecule has 1 unspecified atom stereocenters. The van der Waals surface area contributed by atoms with Crippen molar-refractivity contribution in [2.45, 2.75) is 44.9 Å². The van der Waals surface area contributed by atoms with Crippen LogP contribution >= 0.6 is 0 Å². The Balaban J connectivity index is 2.28. The maximum absolute atomic E-state index is 10.5. The van der Waals surface area contributed by atoms with Crippen LogP contribution in [0.15, 0.2) is 24.3 Å². The third-order valence-corrected chi connectivity index (χ3v) is 2.21. The van der Waals surface area contributed by atoms with Crippen LogP contribution in [0.1, 0.15) is 60.8 Å². The molecule has 4 heteroatoms. The monoisotopic (exact) mass is 328 g/mol. The Hall–Kier alpha value is -1.10. The second kappa shape index (κ2) is 9.13. The molecule has 1 atom stereocenters. The van der Waals surface area contributed by atoms with Gasteiger partial charge in [0.25, 0.3) is 0 Å². The van der Waals surface area contributed by atoms with Crippen LogP contribution in [0.25, 0.3) is 0 Å². The summed E-state index contributed by atoms with van der Waals surface area (Å²) in [6, 6.07) is -0.513. The summed E-state index contributed by atoms with van der Waals surface area (Å²) in [6.45, 7) is -19.7. The van der Waals surface area contributed by atoms with Gasteiger partial charge in [0.05, 0.1) is 13.4 Å². The van der Waals surface area contributed by atoms with E-state index in [0.717, 1.165) is 24.3 Å². The van der Waals surface area contributed by atoms with Crippen LogP contribution in [-0.4, -0.2) is 43.4 Å². The highest BCUT2D eigenvalue weighted by Crippen LogP contribution is 2.28. The summed E-state index contributed by atoms with van der Waals surface area (Å²) in [5.41, 5.74) is -0.487. The lowest BCUT2D eigenvalue weighted by Gasteiger charge is -2.15. The smallest absolute Gasteiger partial charge is 0.119 e. The molecule has 1 aliphatic rings. The van der Waals surface area contributed by atoms with Gasteiger partial charge in [0.1, 0.15) is 18.4 Å². The van der Waals surface area contributed by atoms with E-state index in [9.17, 15) is 5.11 Å². The van der Waals surface area contributed by atoms with Crippen LogP contribution in [0.3, 0.4) is 0 Å². The second-order valence-corrected chi connectivity index (χ2v) is 3.95. The fraction of sp³-hybridized carbons (Fsp3) is 0.667. The second-order valence-electron chi connectivity index (χ2n) is 3.95. The van der Waals surface area contributed by atoms with Crippen molar-refractivity contribution in [1.29, 1.82) is 0 Å². The van der Waals surface area contributed by atoms with Crippen LogP contribution in [0.5, 0.6) is 5.75 Å². The van der Waals surface area contributed by atoms with Crippen LogP contribution in [0, 0.1) is 5.89 Å². The van der Waals surface area contributed by atoms with Crippen LogP contribution in [0.4, 0.5) is 0 Å². The SMILES string of the molecule is [2H]C([2H])([2H])C([2H])(NC([2H])([2H])C([2H])(O)C([2H])([2H])Oc1ccc(C([2H])([2H])C([2H])([2H])OCC2([2H])C([2H])([2H])C2([2H])[2H])cc1)C([2H])([2H])[2H]. The minimum Gasteiger partial charge on any atom is -0.491 e. The van der Waals surface area contributed by atoms with E-state index in [0.29, 0.717) is 0 Å². The molecule has 2 rings (SSSR count). The normalized spacial score (nSPS) is 41.8. The molecule has 0 heterocycles. The van der Waals surface area contributed by atoms with E-state index in [1.165, 1.54) is 5.32 Å².